The number of hydrogen-bond acceptors (Lipinski definition) is 3. The normalized spacial score (nSPS) is 11.6. The molecule has 0 spiro atoms. The van der Waals surface area contributed by atoms with E-state index in [1.165, 1.54) is 0 Å². The molecule has 0 bridgehead atoms. The molecule has 0 fully saturated rings. The highest BCUT2D eigenvalue weighted by Crippen LogP contribution is 2.19. The van der Waals surface area contributed by atoms with Gasteiger partial charge < -0.3 is 14.7 Å². The van der Waals surface area contributed by atoms with Crippen molar-refractivity contribution in [1.29, 1.82) is 0 Å². The van der Waals surface area contributed by atoms with Crippen LogP contribution in [0.2, 0.25) is 0 Å². The minimum Gasteiger partial charge on any atom is -0.487 e. The van der Waals surface area contributed by atoms with Crippen LogP contribution in [0.3, 0.4) is 0 Å². The second-order valence-corrected chi connectivity index (χ2v) is 5.02. The molecule has 1 aromatic rings. The van der Waals surface area contributed by atoms with Gasteiger partial charge >= 0.3 is 5.97 Å². The van der Waals surface area contributed by atoms with Gasteiger partial charge in [-0.15, -0.1) is 0 Å². The van der Waals surface area contributed by atoms with Crippen molar-refractivity contribution >= 4 is 5.97 Å². The Morgan fingerprint density at radius 2 is 1.89 bits per heavy atom. The Labute approximate surface area is 108 Å². The summed E-state index contributed by atoms with van der Waals surface area (Å²) in [5.74, 6) is -0.235. The molecule has 0 radical (unpaired) electrons. The highest BCUT2D eigenvalue weighted by atomic mass is 16.5. The average Bonchev–Trinajstić information content (AvgIpc) is 2.28. The van der Waals surface area contributed by atoms with E-state index in [2.05, 4.69) is 11.8 Å². The molecular formula is C14H21NO3. The van der Waals surface area contributed by atoms with Gasteiger partial charge in [0.1, 0.15) is 11.4 Å². The van der Waals surface area contributed by atoms with E-state index < -0.39 is 5.97 Å². The molecule has 0 saturated carbocycles. The summed E-state index contributed by atoms with van der Waals surface area (Å²) in [6, 6.07) is 6.49. The lowest BCUT2D eigenvalue weighted by Crippen LogP contribution is -2.41. The highest BCUT2D eigenvalue weighted by Gasteiger charge is 2.21. The molecule has 0 aliphatic heterocycles. The summed E-state index contributed by atoms with van der Waals surface area (Å²) in [6.07, 6.45) is 0. The molecule has 0 aliphatic rings. The predicted molar refractivity (Wildman–Crippen MR) is 71.3 cm³/mol. The van der Waals surface area contributed by atoms with Crippen molar-refractivity contribution in [3.05, 3.63) is 29.8 Å². The standard InChI is InChI=1S/C14H21NO3/c1-5-15(4)10-14(2,3)18-12-8-6-11(7-9-12)13(16)17/h6-9H,5,10H2,1-4H3,(H,16,17). The fourth-order valence-electron chi connectivity index (χ4n) is 1.78. The average molecular weight is 251 g/mol. The second kappa shape index (κ2) is 5.87. The Morgan fingerprint density at radius 1 is 1.33 bits per heavy atom. The lowest BCUT2D eigenvalue weighted by molar-refractivity contribution is 0.0694. The van der Waals surface area contributed by atoms with E-state index in [4.69, 9.17) is 9.84 Å². The topological polar surface area (TPSA) is 49.8 Å². The summed E-state index contributed by atoms with van der Waals surface area (Å²) in [7, 11) is 2.04. The van der Waals surface area contributed by atoms with E-state index in [0.29, 0.717) is 5.75 Å². The Hall–Kier alpha value is -1.55. The SMILES string of the molecule is CCN(C)CC(C)(C)Oc1ccc(C(=O)O)cc1. The van der Waals surface area contributed by atoms with Gasteiger partial charge in [0.25, 0.3) is 0 Å². The highest BCUT2D eigenvalue weighted by molar-refractivity contribution is 5.87. The maximum Gasteiger partial charge on any atom is 0.335 e. The Kier molecular flexibility index (Phi) is 4.73. The third kappa shape index (κ3) is 4.37. The van der Waals surface area contributed by atoms with Gasteiger partial charge in [0.2, 0.25) is 0 Å². The molecule has 4 heteroatoms. The zero-order chi connectivity index (χ0) is 13.8. The molecular weight excluding hydrogens is 230 g/mol. The van der Waals surface area contributed by atoms with Gasteiger partial charge in [-0.2, -0.15) is 0 Å². The first kappa shape index (κ1) is 14.5. The first-order valence-electron chi connectivity index (χ1n) is 6.05. The number of ether oxygens (including phenoxy) is 1. The number of carboxylic acid groups (broad SMARTS) is 1. The monoisotopic (exact) mass is 251 g/mol. The molecule has 18 heavy (non-hydrogen) atoms. The largest absolute Gasteiger partial charge is 0.487 e. The smallest absolute Gasteiger partial charge is 0.335 e. The number of aromatic carboxylic acids is 1. The predicted octanol–water partition coefficient (Wildman–Crippen LogP) is 2.49. The summed E-state index contributed by atoms with van der Waals surface area (Å²) < 4.78 is 5.87. The zero-order valence-electron chi connectivity index (χ0n) is 11.4. The van der Waals surface area contributed by atoms with Gasteiger partial charge in [0, 0.05) is 6.54 Å². The summed E-state index contributed by atoms with van der Waals surface area (Å²) in [5.41, 5.74) is -0.0407. The number of carboxylic acids is 1. The van der Waals surface area contributed by atoms with E-state index in [-0.39, 0.29) is 11.2 Å². The van der Waals surface area contributed by atoms with E-state index in [9.17, 15) is 4.79 Å². The van der Waals surface area contributed by atoms with Crippen molar-refractivity contribution in [3.8, 4) is 5.75 Å². The van der Waals surface area contributed by atoms with Crippen LogP contribution in [0.4, 0.5) is 0 Å². The van der Waals surface area contributed by atoms with E-state index in [0.717, 1.165) is 13.1 Å². The van der Waals surface area contributed by atoms with Crippen LogP contribution >= 0.6 is 0 Å². The van der Waals surface area contributed by atoms with Gasteiger partial charge in [0.05, 0.1) is 5.56 Å². The molecule has 100 valence electrons. The van der Waals surface area contributed by atoms with Crippen LogP contribution < -0.4 is 4.74 Å². The number of hydrogen-bond donors (Lipinski definition) is 1. The summed E-state index contributed by atoms with van der Waals surface area (Å²) >= 11 is 0. The fourth-order valence-corrected chi connectivity index (χ4v) is 1.78. The molecule has 0 saturated heterocycles. The van der Waals surface area contributed by atoms with Gasteiger partial charge in [-0.05, 0) is 51.7 Å². The maximum atomic E-state index is 10.7. The van der Waals surface area contributed by atoms with E-state index >= 15 is 0 Å². The number of carbonyl (C=O) groups is 1. The lowest BCUT2D eigenvalue weighted by atomic mass is 10.1. The molecule has 0 heterocycles. The van der Waals surface area contributed by atoms with Gasteiger partial charge in [-0.3, -0.25) is 0 Å². The Morgan fingerprint density at radius 3 is 2.33 bits per heavy atom. The Balaban J connectivity index is 2.68. The molecule has 1 N–H and O–H groups in total. The summed E-state index contributed by atoms with van der Waals surface area (Å²) in [5, 5.41) is 8.81. The van der Waals surface area contributed by atoms with Crippen molar-refractivity contribution in [3.63, 3.8) is 0 Å². The van der Waals surface area contributed by atoms with Gasteiger partial charge in [0.15, 0.2) is 0 Å². The van der Waals surface area contributed by atoms with E-state index in [1.807, 2.05) is 20.9 Å². The van der Waals surface area contributed by atoms with Crippen LogP contribution in [0, 0.1) is 0 Å². The lowest BCUT2D eigenvalue weighted by Gasteiger charge is -2.30. The second-order valence-electron chi connectivity index (χ2n) is 5.02. The summed E-state index contributed by atoms with van der Waals surface area (Å²) in [6.45, 7) is 7.90. The number of benzene rings is 1. The van der Waals surface area contributed by atoms with Crippen LogP contribution in [0.5, 0.6) is 5.75 Å². The quantitative estimate of drug-likeness (QED) is 0.844. The van der Waals surface area contributed by atoms with E-state index in [1.54, 1.807) is 24.3 Å². The third-order valence-corrected chi connectivity index (χ3v) is 2.69. The number of nitrogens with zero attached hydrogens (tertiary/aromatic N) is 1. The first-order chi connectivity index (χ1) is 8.34. The number of likely N-dealkylation sites (N-methyl/N-ethyl adjacent to an activating group) is 1. The van der Waals surface area contributed by atoms with Crippen molar-refractivity contribution < 1.29 is 14.6 Å². The third-order valence-electron chi connectivity index (χ3n) is 2.69. The first-order valence-corrected chi connectivity index (χ1v) is 6.05. The number of rotatable bonds is 6. The molecule has 0 atom stereocenters. The van der Waals surface area contributed by atoms with Crippen LogP contribution in [-0.4, -0.2) is 41.7 Å². The van der Waals surface area contributed by atoms with Gasteiger partial charge in [-0.1, -0.05) is 6.92 Å². The molecule has 0 aromatic heterocycles. The Bertz CT molecular complexity index is 398. The maximum absolute atomic E-state index is 10.7. The van der Waals surface area contributed by atoms with Crippen LogP contribution in [0.25, 0.3) is 0 Å². The van der Waals surface area contributed by atoms with Gasteiger partial charge in [-0.25, -0.2) is 4.79 Å². The zero-order valence-corrected chi connectivity index (χ0v) is 11.4. The fraction of sp³-hybridized carbons (Fsp3) is 0.500. The molecule has 1 aromatic carbocycles. The molecule has 0 aliphatic carbocycles. The van der Waals surface area contributed by atoms with Crippen molar-refractivity contribution in [2.75, 3.05) is 20.1 Å². The van der Waals surface area contributed by atoms with Crippen LogP contribution in [0.15, 0.2) is 24.3 Å². The molecule has 0 unspecified atom stereocenters. The molecule has 4 nitrogen and oxygen atoms in total. The molecule has 0 amide bonds. The summed E-state index contributed by atoms with van der Waals surface area (Å²) in [4.78, 5) is 12.9. The molecule has 1 rings (SSSR count). The van der Waals surface area contributed by atoms with Crippen LogP contribution in [-0.2, 0) is 0 Å². The van der Waals surface area contributed by atoms with Crippen molar-refractivity contribution in [1.82, 2.24) is 4.90 Å². The van der Waals surface area contributed by atoms with Crippen LogP contribution in [0.1, 0.15) is 31.1 Å². The van der Waals surface area contributed by atoms with Crippen molar-refractivity contribution in [2.45, 2.75) is 26.4 Å². The van der Waals surface area contributed by atoms with Crippen molar-refractivity contribution in [2.24, 2.45) is 0 Å². The minimum absolute atomic E-state index is 0.269. The minimum atomic E-state index is -0.925.